The van der Waals surface area contributed by atoms with E-state index in [9.17, 15) is 0 Å². The Morgan fingerprint density at radius 3 is 2.94 bits per heavy atom. The topological polar surface area (TPSA) is 15.3 Å². The first-order valence-corrected chi connectivity index (χ1v) is 8.21. The first kappa shape index (κ1) is 14.3. The SMILES string of the molecule is CCCN1CCCC(NCCCSC)CC1. The number of nitrogens with one attached hydrogen (secondary N) is 1. The summed E-state index contributed by atoms with van der Waals surface area (Å²) < 4.78 is 0. The summed E-state index contributed by atoms with van der Waals surface area (Å²) in [7, 11) is 0. The summed E-state index contributed by atoms with van der Waals surface area (Å²) in [5.41, 5.74) is 0. The lowest BCUT2D eigenvalue weighted by molar-refractivity contribution is 0.282. The monoisotopic (exact) mass is 244 g/mol. The molecule has 1 fully saturated rings. The fraction of sp³-hybridized carbons (Fsp3) is 1.00. The Morgan fingerprint density at radius 1 is 1.31 bits per heavy atom. The van der Waals surface area contributed by atoms with E-state index >= 15 is 0 Å². The summed E-state index contributed by atoms with van der Waals surface area (Å²) in [6.07, 6.45) is 8.90. The van der Waals surface area contributed by atoms with Gasteiger partial charge in [-0.2, -0.15) is 11.8 Å². The Kier molecular flexibility index (Phi) is 8.34. The number of hydrogen-bond donors (Lipinski definition) is 1. The van der Waals surface area contributed by atoms with Gasteiger partial charge >= 0.3 is 0 Å². The van der Waals surface area contributed by atoms with Crippen LogP contribution in [-0.4, -0.2) is 49.1 Å². The highest BCUT2D eigenvalue weighted by Gasteiger charge is 2.15. The molecule has 1 unspecified atom stereocenters. The normalized spacial score (nSPS) is 23.2. The highest BCUT2D eigenvalue weighted by Crippen LogP contribution is 2.11. The van der Waals surface area contributed by atoms with Crippen LogP contribution in [0.25, 0.3) is 0 Å². The maximum Gasteiger partial charge on any atom is 0.00797 e. The predicted molar refractivity (Wildman–Crippen MR) is 75.4 cm³/mol. The lowest BCUT2D eigenvalue weighted by Crippen LogP contribution is -2.32. The van der Waals surface area contributed by atoms with E-state index in [2.05, 4.69) is 23.4 Å². The summed E-state index contributed by atoms with van der Waals surface area (Å²) in [4.78, 5) is 2.63. The van der Waals surface area contributed by atoms with Crippen molar-refractivity contribution in [2.45, 2.75) is 45.1 Å². The Balaban J connectivity index is 2.10. The zero-order valence-corrected chi connectivity index (χ0v) is 11.8. The van der Waals surface area contributed by atoms with Crippen LogP contribution in [0.1, 0.15) is 39.0 Å². The van der Waals surface area contributed by atoms with Crippen LogP contribution >= 0.6 is 11.8 Å². The maximum absolute atomic E-state index is 3.72. The van der Waals surface area contributed by atoms with E-state index in [4.69, 9.17) is 0 Å². The van der Waals surface area contributed by atoms with Gasteiger partial charge in [-0.05, 0) is 70.3 Å². The highest BCUT2D eigenvalue weighted by atomic mass is 32.2. The molecule has 2 nitrogen and oxygen atoms in total. The number of likely N-dealkylation sites (tertiary alicyclic amines) is 1. The maximum atomic E-state index is 3.72. The molecular formula is C13H28N2S. The van der Waals surface area contributed by atoms with Gasteiger partial charge in [-0.15, -0.1) is 0 Å². The minimum Gasteiger partial charge on any atom is -0.314 e. The molecule has 0 aromatic heterocycles. The second-order valence-electron chi connectivity index (χ2n) is 4.77. The van der Waals surface area contributed by atoms with Crippen molar-refractivity contribution in [2.75, 3.05) is 38.2 Å². The van der Waals surface area contributed by atoms with E-state index in [-0.39, 0.29) is 0 Å². The lowest BCUT2D eigenvalue weighted by atomic mass is 10.1. The molecule has 1 rings (SSSR count). The molecule has 1 heterocycles. The molecule has 1 aliphatic heterocycles. The van der Waals surface area contributed by atoms with Crippen LogP contribution in [0, 0.1) is 0 Å². The van der Waals surface area contributed by atoms with Gasteiger partial charge in [0.2, 0.25) is 0 Å². The smallest absolute Gasteiger partial charge is 0.00797 e. The molecule has 3 heteroatoms. The molecule has 0 bridgehead atoms. The van der Waals surface area contributed by atoms with E-state index in [0.717, 1.165) is 6.04 Å². The van der Waals surface area contributed by atoms with Crippen molar-refractivity contribution in [3.8, 4) is 0 Å². The fourth-order valence-electron chi connectivity index (χ4n) is 2.42. The van der Waals surface area contributed by atoms with Crippen LogP contribution in [0.2, 0.25) is 0 Å². The molecule has 0 saturated carbocycles. The summed E-state index contributed by atoms with van der Waals surface area (Å²) in [6.45, 7) is 7.40. The van der Waals surface area contributed by atoms with Gasteiger partial charge in [0.15, 0.2) is 0 Å². The van der Waals surface area contributed by atoms with Crippen LogP contribution in [0.5, 0.6) is 0 Å². The number of hydrogen-bond acceptors (Lipinski definition) is 3. The third-order valence-corrected chi connectivity index (χ3v) is 4.02. The van der Waals surface area contributed by atoms with Crippen LogP contribution in [-0.2, 0) is 0 Å². The summed E-state index contributed by atoms with van der Waals surface area (Å²) in [5, 5.41) is 3.72. The van der Waals surface area contributed by atoms with Crippen molar-refractivity contribution >= 4 is 11.8 Å². The Bertz CT molecular complexity index is 164. The Morgan fingerprint density at radius 2 is 2.19 bits per heavy atom. The van der Waals surface area contributed by atoms with E-state index in [1.54, 1.807) is 0 Å². The summed E-state index contributed by atoms with van der Waals surface area (Å²) >= 11 is 1.95. The summed E-state index contributed by atoms with van der Waals surface area (Å²) in [6, 6.07) is 0.781. The predicted octanol–water partition coefficient (Wildman–Crippen LogP) is 2.59. The lowest BCUT2D eigenvalue weighted by Gasteiger charge is -2.19. The van der Waals surface area contributed by atoms with Crippen LogP contribution < -0.4 is 5.32 Å². The van der Waals surface area contributed by atoms with E-state index in [1.807, 2.05) is 11.8 Å². The molecule has 0 aliphatic carbocycles. The van der Waals surface area contributed by atoms with Crippen molar-refractivity contribution in [1.29, 1.82) is 0 Å². The second kappa shape index (κ2) is 9.32. The first-order chi connectivity index (χ1) is 7.86. The minimum atomic E-state index is 0.781. The van der Waals surface area contributed by atoms with Crippen LogP contribution in [0.4, 0.5) is 0 Å². The largest absolute Gasteiger partial charge is 0.314 e. The van der Waals surface area contributed by atoms with Crippen molar-refractivity contribution in [1.82, 2.24) is 10.2 Å². The molecule has 1 saturated heterocycles. The van der Waals surface area contributed by atoms with Crippen LogP contribution in [0.15, 0.2) is 0 Å². The molecule has 1 N–H and O–H groups in total. The number of thioether (sulfide) groups is 1. The van der Waals surface area contributed by atoms with Crippen molar-refractivity contribution in [2.24, 2.45) is 0 Å². The van der Waals surface area contributed by atoms with E-state index in [0.29, 0.717) is 0 Å². The fourth-order valence-corrected chi connectivity index (χ4v) is 2.86. The Labute approximate surface area is 106 Å². The molecule has 0 spiro atoms. The second-order valence-corrected chi connectivity index (χ2v) is 5.76. The van der Waals surface area contributed by atoms with Gasteiger partial charge in [-0.25, -0.2) is 0 Å². The van der Waals surface area contributed by atoms with E-state index < -0.39 is 0 Å². The van der Waals surface area contributed by atoms with Crippen molar-refractivity contribution < 1.29 is 0 Å². The molecule has 0 aromatic carbocycles. The van der Waals surface area contributed by atoms with Gasteiger partial charge in [-0.1, -0.05) is 6.92 Å². The van der Waals surface area contributed by atoms with Gasteiger partial charge in [0, 0.05) is 6.04 Å². The number of nitrogens with zero attached hydrogens (tertiary/aromatic N) is 1. The zero-order chi connectivity index (χ0) is 11.6. The molecule has 0 radical (unpaired) electrons. The first-order valence-electron chi connectivity index (χ1n) is 6.81. The van der Waals surface area contributed by atoms with Gasteiger partial charge < -0.3 is 10.2 Å². The molecule has 96 valence electrons. The molecular weight excluding hydrogens is 216 g/mol. The molecule has 1 aliphatic rings. The van der Waals surface area contributed by atoms with Crippen molar-refractivity contribution in [3.05, 3.63) is 0 Å². The van der Waals surface area contributed by atoms with Gasteiger partial charge in [0.1, 0.15) is 0 Å². The number of rotatable bonds is 7. The standard InChI is InChI=1S/C13H28N2S/c1-3-9-15-10-4-6-13(7-11-15)14-8-5-12-16-2/h13-14H,3-12H2,1-2H3. The average molecular weight is 244 g/mol. The van der Waals surface area contributed by atoms with Crippen LogP contribution in [0.3, 0.4) is 0 Å². The highest BCUT2D eigenvalue weighted by molar-refractivity contribution is 7.98. The van der Waals surface area contributed by atoms with Gasteiger partial charge in [0.25, 0.3) is 0 Å². The molecule has 16 heavy (non-hydrogen) atoms. The van der Waals surface area contributed by atoms with E-state index in [1.165, 1.54) is 64.0 Å². The van der Waals surface area contributed by atoms with Crippen molar-refractivity contribution in [3.63, 3.8) is 0 Å². The molecule has 0 aromatic rings. The summed E-state index contributed by atoms with van der Waals surface area (Å²) in [5.74, 6) is 1.29. The van der Waals surface area contributed by atoms with Gasteiger partial charge in [0.05, 0.1) is 0 Å². The third-order valence-electron chi connectivity index (χ3n) is 3.32. The third kappa shape index (κ3) is 6.12. The van der Waals surface area contributed by atoms with Gasteiger partial charge in [-0.3, -0.25) is 0 Å². The quantitative estimate of drug-likeness (QED) is 0.693. The molecule has 1 atom stereocenters. The average Bonchev–Trinajstić information content (AvgIpc) is 2.51. The Hall–Kier alpha value is 0.270. The zero-order valence-electron chi connectivity index (χ0n) is 11.0. The minimum absolute atomic E-state index is 0.781. The molecule has 0 amide bonds.